The number of benzene rings is 2. The minimum Gasteiger partial charge on any atom is -0.461 e. The summed E-state index contributed by atoms with van der Waals surface area (Å²) in [5.74, 6) is 0.581. The van der Waals surface area contributed by atoms with E-state index in [1.807, 2.05) is 31.2 Å². The Bertz CT molecular complexity index is 770. The number of alkyl halides is 3. The zero-order chi connectivity index (χ0) is 15.0. The van der Waals surface area contributed by atoms with Crippen LogP contribution in [0.2, 0.25) is 0 Å². The number of hydrogen-bond acceptors (Lipinski definition) is 2. The van der Waals surface area contributed by atoms with Gasteiger partial charge in [-0.05, 0) is 42.3 Å². The first-order chi connectivity index (χ1) is 9.90. The van der Waals surface area contributed by atoms with Gasteiger partial charge in [-0.15, -0.1) is 13.2 Å². The number of rotatable bonds is 2. The first-order valence-corrected chi connectivity index (χ1v) is 6.27. The Labute approximate surface area is 118 Å². The van der Waals surface area contributed by atoms with Crippen LogP contribution in [-0.2, 0) is 0 Å². The van der Waals surface area contributed by atoms with E-state index in [0.717, 1.165) is 27.9 Å². The third-order valence-corrected chi connectivity index (χ3v) is 3.06. The minimum atomic E-state index is -4.67. The number of fused-ring (bicyclic) bond motifs is 1. The highest BCUT2D eigenvalue weighted by Gasteiger charge is 2.30. The summed E-state index contributed by atoms with van der Waals surface area (Å²) in [5.41, 5.74) is 2.41. The second-order valence-electron chi connectivity index (χ2n) is 4.68. The monoisotopic (exact) mass is 292 g/mol. The average molecular weight is 292 g/mol. The molecule has 5 heteroatoms. The van der Waals surface area contributed by atoms with Crippen LogP contribution in [0.15, 0.2) is 52.9 Å². The predicted molar refractivity (Wildman–Crippen MR) is 73.1 cm³/mol. The van der Waals surface area contributed by atoms with Gasteiger partial charge in [0.1, 0.15) is 17.1 Å². The van der Waals surface area contributed by atoms with Crippen molar-refractivity contribution in [2.24, 2.45) is 0 Å². The Morgan fingerprint density at radius 3 is 2.24 bits per heavy atom. The van der Waals surface area contributed by atoms with Gasteiger partial charge < -0.3 is 9.15 Å². The molecule has 1 heterocycles. The van der Waals surface area contributed by atoms with Gasteiger partial charge in [0.2, 0.25) is 0 Å². The number of hydrogen-bond donors (Lipinski definition) is 0. The third-order valence-electron chi connectivity index (χ3n) is 3.06. The number of ether oxygens (including phenoxy) is 1. The number of halogens is 3. The summed E-state index contributed by atoms with van der Waals surface area (Å²) < 4.78 is 45.7. The highest BCUT2D eigenvalue weighted by atomic mass is 19.4. The molecule has 0 bridgehead atoms. The quantitative estimate of drug-likeness (QED) is 0.639. The van der Waals surface area contributed by atoms with Crippen molar-refractivity contribution in [3.05, 3.63) is 54.3 Å². The number of furan rings is 1. The molecule has 0 aliphatic carbocycles. The van der Waals surface area contributed by atoms with Crippen LogP contribution in [0.25, 0.3) is 22.1 Å². The van der Waals surface area contributed by atoms with Crippen LogP contribution >= 0.6 is 0 Å². The van der Waals surface area contributed by atoms with E-state index in [2.05, 4.69) is 4.74 Å². The molecule has 0 aliphatic rings. The fourth-order valence-electron chi connectivity index (χ4n) is 2.19. The lowest BCUT2D eigenvalue weighted by molar-refractivity contribution is -0.274. The smallest absolute Gasteiger partial charge is 0.461 e. The molecule has 0 unspecified atom stereocenters. The molecule has 2 nitrogen and oxygen atoms in total. The van der Waals surface area contributed by atoms with Gasteiger partial charge >= 0.3 is 6.36 Å². The molecule has 0 fully saturated rings. The van der Waals surface area contributed by atoms with Crippen molar-refractivity contribution < 1.29 is 22.3 Å². The van der Waals surface area contributed by atoms with Crippen LogP contribution in [0.1, 0.15) is 5.76 Å². The van der Waals surface area contributed by atoms with E-state index in [1.54, 1.807) is 12.1 Å². The van der Waals surface area contributed by atoms with Gasteiger partial charge in [-0.2, -0.15) is 0 Å². The molecule has 0 N–H and O–H groups in total. The molecule has 0 radical (unpaired) electrons. The lowest BCUT2D eigenvalue weighted by Gasteiger charge is -2.09. The van der Waals surface area contributed by atoms with Crippen LogP contribution in [-0.4, -0.2) is 6.36 Å². The van der Waals surface area contributed by atoms with E-state index in [1.165, 1.54) is 12.1 Å². The molecule has 0 saturated carbocycles. The molecule has 1 aromatic heterocycles. The Morgan fingerprint density at radius 2 is 1.57 bits per heavy atom. The van der Waals surface area contributed by atoms with Crippen molar-refractivity contribution >= 4 is 11.0 Å². The highest BCUT2D eigenvalue weighted by Crippen LogP contribution is 2.29. The van der Waals surface area contributed by atoms with Gasteiger partial charge in [-0.3, -0.25) is 0 Å². The topological polar surface area (TPSA) is 22.4 Å². The fourth-order valence-corrected chi connectivity index (χ4v) is 2.19. The second-order valence-corrected chi connectivity index (χ2v) is 4.68. The Morgan fingerprint density at radius 1 is 0.905 bits per heavy atom. The normalized spacial score (nSPS) is 11.8. The van der Waals surface area contributed by atoms with E-state index in [4.69, 9.17) is 4.42 Å². The van der Waals surface area contributed by atoms with E-state index in [9.17, 15) is 13.2 Å². The molecule has 3 rings (SSSR count). The number of aryl methyl sites for hydroxylation is 1. The zero-order valence-electron chi connectivity index (χ0n) is 11.1. The van der Waals surface area contributed by atoms with Gasteiger partial charge in [-0.1, -0.05) is 24.3 Å². The zero-order valence-corrected chi connectivity index (χ0v) is 11.1. The molecular formula is C16H11F3O2. The van der Waals surface area contributed by atoms with Crippen LogP contribution in [0.4, 0.5) is 13.2 Å². The summed E-state index contributed by atoms with van der Waals surface area (Å²) in [7, 11) is 0. The largest absolute Gasteiger partial charge is 0.573 e. The summed E-state index contributed by atoms with van der Waals surface area (Å²) in [5, 5.41) is 0.994. The molecule has 0 atom stereocenters. The standard InChI is InChI=1S/C16H11F3O2/c1-10-8-13-3-2-12(9-15(13)20-10)11-4-6-14(7-5-11)21-16(17,18)19/h2-9H,1H3. The maximum absolute atomic E-state index is 12.1. The first-order valence-electron chi connectivity index (χ1n) is 6.27. The van der Waals surface area contributed by atoms with Gasteiger partial charge in [0.15, 0.2) is 0 Å². The van der Waals surface area contributed by atoms with Crippen LogP contribution < -0.4 is 4.74 Å². The van der Waals surface area contributed by atoms with Gasteiger partial charge in [0, 0.05) is 5.39 Å². The molecular weight excluding hydrogens is 281 g/mol. The minimum absolute atomic E-state index is 0.235. The maximum atomic E-state index is 12.1. The van der Waals surface area contributed by atoms with E-state index < -0.39 is 6.36 Å². The average Bonchev–Trinajstić information content (AvgIpc) is 2.76. The van der Waals surface area contributed by atoms with Crippen LogP contribution in [0, 0.1) is 6.92 Å². The molecule has 3 aromatic rings. The summed E-state index contributed by atoms with van der Waals surface area (Å²) in [4.78, 5) is 0. The van der Waals surface area contributed by atoms with Crippen molar-refractivity contribution in [3.63, 3.8) is 0 Å². The van der Waals surface area contributed by atoms with Crippen molar-refractivity contribution in [1.82, 2.24) is 0 Å². The van der Waals surface area contributed by atoms with Crippen LogP contribution in [0.5, 0.6) is 5.75 Å². The summed E-state index contributed by atoms with van der Waals surface area (Å²) >= 11 is 0. The summed E-state index contributed by atoms with van der Waals surface area (Å²) in [6.45, 7) is 1.86. The molecule has 0 amide bonds. The summed E-state index contributed by atoms with van der Waals surface area (Å²) in [6, 6.07) is 13.4. The van der Waals surface area contributed by atoms with Crippen LogP contribution in [0.3, 0.4) is 0 Å². The second kappa shape index (κ2) is 4.84. The van der Waals surface area contributed by atoms with E-state index >= 15 is 0 Å². The third kappa shape index (κ3) is 3.02. The van der Waals surface area contributed by atoms with Crippen molar-refractivity contribution in [2.75, 3.05) is 0 Å². The van der Waals surface area contributed by atoms with Gasteiger partial charge in [0.25, 0.3) is 0 Å². The molecule has 0 saturated heterocycles. The fraction of sp³-hybridized carbons (Fsp3) is 0.125. The van der Waals surface area contributed by atoms with Crippen molar-refractivity contribution in [2.45, 2.75) is 13.3 Å². The Balaban J connectivity index is 1.91. The first kappa shape index (κ1) is 13.5. The predicted octanol–water partition coefficient (Wildman–Crippen LogP) is 5.31. The Hall–Kier alpha value is -2.43. The molecule has 0 aliphatic heterocycles. The van der Waals surface area contributed by atoms with Crippen molar-refractivity contribution in [3.8, 4) is 16.9 Å². The van der Waals surface area contributed by atoms with E-state index in [0.29, 0.717) is 0 Å². The maximum Gasteiger partial charge on any atom is 0.573 e. The molecule has 0 spiro atoms. The SMILES string of the molecule is Cc1cc2ccc(-c3ccc(OC(F)(F)F)cc3)cc2o1. The highest BCUT2D eigenvalue weighted by molar-refractivity contribution is 5.83. The lowest BCUT2D eigenvalue weighted by Crippen LogP contribution is -2.16. The van der Waals surface area contributed by atoms with E-state index in [-0.39, 0.29) is 5.75 Å². The molecule has 2 aromatic carbocycles. The summed E-state index contributed by atoms with van der Waals surface area (Å²) in [6.07, 6.45) is -4.67. The van der Waals surface area contributed by atoms with Crippen molar-refractivity contribution in [1.29, 1.82) is 0 Å². The molecule has 108 valence electrons. The molecule has 21 heavy (non-hydrogen) atoms. The van der Waals surface area contributed by atoms with Gasteiger partial charge in [0.05, 0.1) is 0 Å². The lowest BCUT2D eigenvalue weighted by atomic mass is 10.0. The van der Waals surface area contributed by atoms with Gasteiger partial charge in [-0.25, -0.2) is 0 Å². The Kier molecular flexibility index (Phi) is 3.12.